The van der Waals surface area contributed by atoms with E-state index in [0.29, 0.717) is 17.1 Å². The third-order valence-corrected chi connectivity index (χ3v) is 4.34. The molecule has 2 aromatic rings. The first-order valence-corrected chi connectivity index (χ1v) is 9.08. The summed E-state index contributed by atoms with van der Waals surface area (Å²) in [6.45, 7) is 4.27. The largest absolute Gasteiger partial charge is 0.492 e. The second-order valence-corrected chi connectivity index (χ2v) is 6.60. The molecule has 28 heavy (non-hydrogen) atoms. The first-order valence-electron chi connectivity index (χ1n) is 9.08. The fraction of sp³-hybridized carbons (Fsp3) is 0.286. The van der Waals surface area contributed by atoms with E-state index in [1.807, 2.05) is 32.0 Å². The third-order valence-electron chi connectivity index (χ3n) is 4.34. The zero-order chi connectivity index (χ0) is 20.1. The van der Waals surface area contributed by atoms with Crippen molar-refractivity contribution in [3.63, 3.8) is 0 Å². The third kappa shape index (κ3) is 4.73. The van der Waals surface area contributed by atoms with E-state index in [1.54, 1.807) is 12.1 Å². The van der Waals surface area contributed by atoms with Crippen LogP contribution < -0.4 is 15.1 Å². The molecule has 1 aliphatic rings. The van der Waals surface area contributed by atoms with Gasteiger partial charge in [0.15, 0.2) is 0 Å². The number of rotatable bonds is 6. The second kappa shape index (κ2) is 8.65. The lowest BCUT2D eigenvalue weighted by Crippen LogP contribution is -2.40. The molecule has 0 fully saturated rings. The Labute approximate surface area is 163 Å². The first kappa shape index (κ1) is 19.5. The molecule has 146 valence electrons. The number of hydrazone groups is 1. The number of carbonyl (C=O) groups excluding carboxylic acids is 2. The van der Waals surface area contributed by atoms with Crippen molar-refractivity contribution >= 4 is 23.2 Å². The number of halogens is 1. The van der Waals surface area contributed by atoms with Crippen LogP contribution in [0.1, 0.15) is 24.0 Å². The minimum absolute atomic E-state index is 0.139. The van der Waals surface area contributed by atoms with E-state index in [4.69, 9.17) is 4.74 Å². The van der Waals surface area contributed by atoms with Gasteiger partial charge in [0.2, 0.25) is 5.91 Å². The highest BCUT2D eigenvalue weighted by molar-refractivity contribution is 6.40. The standard InChI is InChI=1S/C21H22FN3O3/c1-14-6-7-15(2)19(12-14)25-20(26)9-8-18(24-25)21(27)23-10-11-28-17-5-3-4-16(22)13-17/h3-7,12-13H,8-11H2,1-2H3,(H,23,27). The maximum absolute atomic E-state index is 13.1. The smallest absolute Gasteiger partial charge is 0.267 e. The highest BCUT2D eigenvalue weighted by Crippen LogP contribution is 2.25. The Morgan fingerprint density at radius 3 is 2.82 bits per heavy atom. The molecule has 0 saturated carbocycles. The SMILES string of the molecule is Cc1ccc(C)c(N2N=C(C(=O)NCCOc3cccc(F)c3)CCC2=O)c1. The summed E-state index contributed by atoms with van der Waals surface area (Å²) < 4.78 is 18.5. The van der Waals surface area contributed by atoms with Crippen LogP contribution in [0.25, 0.3) is 0 Å². The molecule has 0 radical (unpaired) electrons. The molecule has 0 aliphatic carbocycles. The van der Waals surface area contributed by atoms with Gasteiger partial charge < -0.3 is 10.1 Å². The van der Waals surface area contributed by atoms with Gasteiger partial charge in [-0.15, -0.1) is 0 Å². The Morgan fingerprint density at radius 2 is 2.04 bits per heavy atom. The molecule has 1 aliphatic heterocycles. The lowest BCUT2D eigenvalue weighted by molar-refractivity contribution is -0.119. The van der Waals surface area contributed by atoms with Crippen LogP contribution in [0.15, 0.2) is 47.6 Å². The van der Waals surface area contributed by atoms with Crippen LogP contribution in [0.5, 0.6) is 5.75 Å². The summed E-state index contributed by atoms with van der Waals surface area (Å²) in [5, 5.41) is 8.31. The number of benzene rings is 2. The van der Waals surface area contributed by atoms with E-state index in [-0.39, 0.29) is 43.6 Å². The number of hydrogen-bond acceptors (Lipinski definition) is 4. The molecule has 0 aromatic heterocycles. The summed E-state index contributed by atoms with van der Waals surface area (Å²) in [5.41, 5.74) is 2.90. The predicted octanol–water partition coefficient (Wildman–Crippen LogP) is 3.12. The quantitative estimate of drug-likeness (QED) is 0.779. The average Bonchev–Trinajstić information content (AvgIpc) is 2.67. The molecule has 0 spiro atoms. The minimum atomic E-state index is -0.380. The average molecular weight is 383 g/mol. The molecule has 7 heteroatoms. The highest BCUT2D eigenvalue weighted by Gasteiger charge is 2.26. The Kier molecular flexibility index (Phi) is 6.03. The van der Waals surface area contributed by atoms with Gasteiger partial charge in [0.25, 0.3) is 5.91 Å². The van der Waals surface area contributed by atoms with Crippen LogP contribution in [-0.4, -0.2) is 30.7 Å². The molecule has 2 amide bonds. The van der Waals surface area contributed by atoms with Gasteiger partial charge in [-0.2, -0.15) is 5.10 Å². The topological polar surface area (TPSA) is 71.0 Å². The minimum Gasteiger partial charge on any atom is -0.492 e. The monoisotopic (exact) mass is 383 g/mol. The number of anilines is 1. The van der Waals surface area contributed by atoms with Gasteiger partial charge >= 0.3 is 0 Å². The molecule has 1 N–H and O–H groups in total. The molecular weight excluding hydrogens is 361 g/mol. The molecule has 6 nitrogen and oxygen atoms in total. The summed E-state index contributed by atoms with van der Waals surface area (Å²) in [5.74, 6) is -0.462. The van der Waals surface area contributed by atoms with E-state index in [0.717, 1.165) is 11.1 Å². The number of carbonyl (C=O) groups is 2. The van der Waals surface area contributed by atoms with E-state index >= 15 is 0 Å². The van der Waals surface area contributed by atoms with E-state index in [9.17, 15) is 14.0 Å². The zero-order valence-corrected chi connectivity index (χ0v) is 15.9. The fourth-order valence-corrected chi connectivity index (χ4v) is 2.84. The van der Waals surface area contributed by atoms with Crippen molar-refractivity contribution in [3.8, 4) is 5.75 Å². The Hall–Kier alpha value is -3.22. The highest BCUT2D eigenvalue weighted by atomic mass is 19.1. The van der Waals surface area contributed by atoms with Gasteiger partial charge in [-0.3, -0.25) is 9.59 Å². The van der Waals surface area contributed by atoms with Gasteiger partial charge in [-0.25, -0.2) is 9.40 Å². The van der Waals surface area contributed by atoms with Crippen LogP contribution in [-0.2, 0) is 9.59 Å². The molecular formula is C21H22FN3O3. The molecule has 0 atom stereocenters. The van der Waals surface area contributed by atoms with Crippen LogP contribution in [0.2, 0.25) is 0 Å². The summed E-state index contributed by atoms with van der Waals surface area (Å²) in [6, 6.07) is 11.6. The van der Waals surface area contributed by atoms with Crippen LogP contribution in [0.4, 0.5) is 10.1 Å². The predicted molar refractivity (Wildman–Crippen MR) is 105 cm³/mol. The number of aryl methyl sites for hydroxylation is 2. The Morgan fingerprint density at radius 1 is 1.21 bits per heavy atom. The van der Waals surface area contributed by atoms with Crippen molar-refractivity contribution < 1.29 is 18.7 Å². The van der Waals surface area contributed by atoms with Gasteiger partial charge in [0, 0.05) is 18.9 Å². The molecule has 1 heterocycles. The molecule has 0 saturated heterocycles. The maximum Gasteiger partial charge on any atom is 0.267 e. The van der Waals surface area contributed by atoms with Crippen LogP contribution in [0, 0.1) is 19.7 Å². The lowest BCUT2D eigenvalue weighted by atomic mass is 10.1. The molecule has 3 rings (SSSR count). The van der Waals surface area contributed by atoms with Crippen molar-refractivity contribution in [3.05, 3.63) is 59.4 Å². The van der Waals surface area contributed by atoms with Crippen LogP contribution >= 0.6 is 0 Å². The van der Waals surface area contributed by atoms with Gasteiger partial charge in [0.05, 0.1) is 12.2 Å². The van der Waals surface area contributed by atoms with E-state index < -0.39 is 0 Å². The fourth-order valence-electron chi connectivity index (χ4n) is 2.84. The Balaban J connectivity index is 1.61. The van der Waals surface area contributed by atoms with Gasteiger partial charge in [-0.05, 0) is 43.2 Å². The summed E-state index contributed by atoms with van der Waals surface area (Å²) in [6.07, 6.45) is 0.510. The molecule has 2 aromatic carbocycles. The number of nitrogens with zero attached hydrogens (tertiary/aromatic N) is 2. The van der Waals surface area contributed by atoms with Crippen molar-refractivity contribution in [2.24, 2.45) is 5.10 Å². The summed E-state index contributed by atoms with van der Waals surface area (Å²) >= 11 is 0. The number of amides is 2. The van der Waals surface area contributed by atoms with Crippen molar-refractivity contribution in [1.29, 1.82) is 0 Å². The first-order chi connectivity index (χ1) is 13.4. The Bertz CT molecular complexity index is 927. The molecule has 0 bridgehead atoms. The lowest BCUT2D eigenvalue weighted by Gasteiger charge is -2.24. The van der Waals surface area contributed by atoms with Crippen LogP contribution in [0.3, 0.4) is 0 Å². The summed E-state index contributed by atoms with van der Waals surface area (Å²) in [4.78, 5) is 24.7. The zero-order valence-electron chi connectivity index (χ0n) is 15.9. The van der Waals surface area contributed by atoms with E-state index in [1.165, 1.54) is 17.1 Å². The van der Waals surface area contributed by atoms with E-state index in [2.05, 4.69) is 10.4 Å². The van der Waals surface area contributed by atoms with Crippen molar-refractivity contribution in [2.75, 3.05) is 18.2 Å². The number of hydrogen-bond donors (Lipinski definition) is 1. The van der Waals surface area contributed by atoms with Crippen molar-refractivity contribution in [1.82, 2.24) is 5.32 Å². The normalized spacial score (nSPS) is 13.9. The molecule has 0 unspecified atom stereocenters. The van der Waals surface area contributed by atoms with Crippen molar-refractivity contribution in [2.45, 2.75) is 26.7 Å². The van der Waals surface area contributed by atoms with Gasteiger partial charge in [0.1, 0.15) is 23.9 Å². The second-order valence-electron chi connectivity index (χ2n) is 6.60. The summed E-state index contributed by atoms with van der Waals surface area (Å²) in [7, 11) is 0. The maximum atomic E-state index is 13.1. The van der Waals surface area contributed by atoms with Gasteiger partial charge in [-0.1, -0.05) is 18.2 Å². The number of ether oxygens (including phenoxy) is 1. The number of nitrogens with one attached hydrogen (secondary N) is 1.